The quantitative estimate of drug-likeness (QED) is 0.587. The maximum Gasteiger partial charge on any atom is 0.327 e. The second-order valence-electron chi connectivity index (χ2n) is 3.38. The third kappa shape index (κ3) is 4.81. The van der Waals surface area contributed by atoms with Gasteiger partial charge in [0.05, 0.1) is 0 Å². The monoisotopic (exact) mass is 255 g/mol. The molecule has 0 unspecified atom stereocenters. The van der Waals surface area contributed by atoms with Gasteiger partial charge in [-0.2, -0.15) is 0 Å². The summed E-state index contributed by atoms with van der Waals surface area (Å²) in [6.07, 6.45) is 1.61. The van der Waals surface area contributed by atoms with E-state index < -0.39 is 12.0 Å². The van der Waals surface area contributed by atoms with Crippen LogP contribution in [0, 0.1) is 6.92 Å². The van der Waals surface area contributed by atoms with Crippen molar-refractivity contribution < 1.29 is 14.7 Å². The molecule has 17 heavy (non-hydrogen) atoms. The predicted octanol–water partition coefficient (Wildman–Crippen LogP) is 0.466. The molecular weight excluding hydrogens is 242 g/mol. The molecule has 0 aliphatic heterocycles. The number of aliphatic carboxylic acids is 1. The Bertz CT molecular complexity index is 425. The van der Waals surface area contributed by atoms with Crippen LogP contribution in [0.15, 0.2) is 17.4 Å². The fraction of sp³-hybridized carbons (Fsp3) is 0.400. The van der Waals surface area contributed by atoms with Crippen LogP contribution in [0.2, 0.25) is 0 Å². The van der Waals surface area contributed by atoms with E-state index in [1.54, 1.807) is 12.3 Å². The molecule has 1 heterocycles. The normalized spacial score (nSPS) is 11.9. The first-order chi connectivity index (χ1) is 7.99. The van der Waals surface area contributed by atoms with Crippen molar-refractivity contribution in [2.75, 3.05) is 5.75 Å². The second-order valence-corrected chi connectivity index (χ2v) is 4.37. The van der Waals surface area contributed by atoms with Gasteiger partial charge in [0.25, 0.3) is 0 Å². The highest BCUT2D eigenvalue weighted by Crippen LogP contribution is 2.13. The van der Waals surface area contributed by atoms with Crippen molar-refractivity contribution >= 4 is 23.6 Å². The summed E-state index contributed by atoms with van der Waals surface area (Å²) in [6, 6.07) is 0.827. The van der Waals surface area contributed by atoms with Crippen molar-refractivity contribution in [3.05, 3.63) is 18.0 Å². The topological polar surface area (TPSA) is 92.2 Å². The van der Waals surface area contributed by atoms with Gasteiger partial charge >= 0.3 is 5.97 Å². The largest absolute Gasteiger partial charge is 0.480 e. The average Bonchev–Trinajstić information content (AvgIpc) is 2.23. The lowest BCUT2D eigenvalue weighted by molar-refractivity contribution is -0.140. The number of nitrogens with zero attached hydrogens (tertiary/aromatic N) is 2. The Hall–Kier alpha value is -1.63. The van der Waals surface area contributed by atoms with Gasteiger partial charge in [-0.3, -0.25) is 4.79 Å². The number of nitrogens with one attached hydrogen (secondary N) is 1. The molecule has 6 nitrogen and oxygen atoms in total. The maximum absolute atomic E-state index is 10.9. The minimum Gasteiger partial charge on any atom is -0.480 e. The van der Waals surface area contributed by atoms with Crippen LogP contribution in [0.1, 0.15) is 12.6 Å². The van der Waals surface area contributed by atoms with Crippen LogP contribution in [-0.4, -0.2) is 38.7 Å². The SMILES string of the molecule is CC(=O)N[C@@H](CSc1nccc(C)n1)C(=O)O. The van der Waals surface area contributed by atoms with Crippen molar-refractivity contribution in [3.63, 3.8) is 0 Å². The van der Waals surface area contributed by atoms with E-state index in [0.717, 1.165) is 5.69 Å². The lowest BCUT2D eigenvalue weighted by atomic mass is 10.3. The average molecular weight is 255 g/mol. The number of carbonyl (C=O) groups is 2. The molecule has 0 radical (unpaired) electrons. The van der Waals surface area contributed by atoms with Crippen molar-refractivity contribution in [2.24, 2.45) is 0 Å². The van der Waals surface area contributed by atoms with Gasteiger partial charge < -0.3 is 10.4 Å². The summed E-state index contributed by atoms with van der Waals surface area (Å²) in [6.45, 7) is 3.11. The van der Waals surface area contributed by atoms with Crippen LogP contribution < -0.4 is 5.32 Å². The standard InChI is InChI=1S/C10H13N3O3S/c1-6-3-4-11-10(12-6)17-5-8(9(15)16)13-7(2)14/h3-4,8H,5H2,1-2H3,(H,13,14)(H,15,16)/t8-/m0/s1. The van der Waals surface area contributed by atoms with E-state index in [9.17, 15) is 9.59 Å². The van der Waals surface area contributed by atoms with Crippen LogP contribution in [-0.2, 0) is 9.59 Å². The zero-order chi connectivity index (χ0) is 12.8. The van der Waals surface area contributed by atoms with Gasteiger partial charge in [-0.1, -0.05) is 11.8 Å². The molecule has 2 N–H and O–H groups in total. The van der Waals surface area contributed by atoms with Gasteiger partial charge in [0.15, 0.2) is 5.16 Å². The van der Waals surface area contributed by atoms with Crippen LogP contribution in [0.3, 0.4) is 0 Å². The highest BCUT2D eigenvalue weighted by molar-refractivity contribution is 7.99. The molecule has 0 saturated carbocycles. The van der Waals surface area contributed by atoms with Crippen molar-refractivity contribution in [3.8, 4) is 0 Å². The van der Waals surface area contributed by atoms with Crippen LogP contribution in [0.25, 0.3) is 0 Å². The molecule has 0 aliphatic rings. The first kappa shape index (κ1) is 13.4. The molecule has 0 bridgehead atoms. The molecule has 0 saturated heterocycles. The third-order valence-electron chi connectivity index (χ3n) is 1.83. The highest BCUT2D eigenvalue weighted by Gasteiger charge is 2.18. The Labute approximate surface area is 103 Å². The maximum atomic E-state index is 10.9. The van der Waals surface area contributed by atoms with Crippen LogP contribution in [0.5, 0.6) is 0 Å². The fourth-order valence-corrected chi connectivity index (χ4v) is 1.96. The lowest BCUT2D eigenvalue weighted by Crippen LogP contribution is -2.41. The first-order valence-corrected chi connectivity index (χ1v) is 5.90. The summed E-state index contributed by atoms with van der Waals surface area (Å²) in [5.41, 5.74) is 0.814. The summed E-state index contributed by atoms with van der Waals surface area (Å²) >= 11 is 1.20. The van der Waals surface area contributed by atoms with E-state index in [-0.39, 0.29) is 11.7 Å². The van der Waals surface area contributed by atoms with Gasteiger partial charge in [-0.05, 0) is 13.0 Å². The molecule has 0 spiro atoms. The molecule has 0 fully saturated rings. The summed E-state index contributed by atoms with van der Waals surface area (Å²) in [4.78, 5) is 29.8. The van der Waals surface area contributed by atoms with E-state index in [0.29, 0.717) is 5.16 Å². The molecule has 7 heteroatoms. The van der Waals surface area contributed by atoms with Crippen molar-refractivity contribution in [1.82, 2.24) is 15.3 Å². The Morgan fingerprint density at radius 2 is 2.29 bits per heavy atom. The Kier molecular flexibility index (Phi) is 4.89. The van der Waals surface area contributed by atoms with E-state index in [1.807, 2.05) is 6.92 Å². The Balaban J connectivity index is 2.57. The van der Waals surface area contributed by atoms with Gasteiger partial charge in [0.1, 0.15) is 6.04 Å². The zero-order valence-electron chi connectivity index (χ0n) is 9.51. The molecule has 1 amide bonds. The Morgan fingerprint density at radius 3 is 2.82 bits per heavy atom. The molecular formula is C10H13N3O3S. The van der Waals surface area contributed by atoms with E-state index in [4.69, 9.17) is 5.11 Å². The molecule has 1 rings (SSSR count). The third-order valence-corrected chi connectivity index (χ3v) is 2.78. The highest BCUT2D eigenvalue weighted by atomic mass is 32.2. The minimum atomic E-state index is -1.07. The van der Waals surface area contributed by atoms with Crippen molar-refractivity contribution in [1.29, 1.82) is 0 Å². The predicted molar refractivity (Wildman–Crippen MR) is 62.7 cm³/mol. The molecule has 0 aliphatic carbocycles. The number of rotatable bonds is 5. The molecule has 0 aromatic carbocycles. The zero-order valence-corrected chi connectivity index (χ0v) is 10.3. The van der Waals surface area contributed by atoms with Gasteiger partial charge in [-0.25, -0.2) is 14.8 Å². The number of hydrogen-bond donors (Lipinski definition) is 2. The first-order valence-electron chi connectivity index (χ1n) is 4.91. The van der Waals surface area contributed by atoms with E-state index in [1.165, 1.54) is 18.7 Å². The number of amides is 1. The summed E-state index contributed by atoms with van der Waals surface area (Å²) in [7, 11) is 0. The van der Waals surface area contributed by atoms with Crippen LogP contribution >= 0.6 is 11.8 Å². The number of aryl methyl sites for hydroxylation is 1. The smallest absolute Gasteiger partial charge is 0.327 e. The second kappa shape index (κ2) is 6.19. The number of carboxylic acids is 1. The molecule has 1 aromatic rings. The van der Waals surface area contributed by atoms with Gasteiger partial charge in [0, 0.05) is 24.6 Å². The van der Waals surface area contributed by atoms with Gasteiger partial charge in [0.2, 0.25) is 5.91 Å². The number of thioether (sulfide) groups is 1. The minimum absolute atomic E-state index is 0.193. The molecule has 92 valence electrons. The van der Waals surface area contributed by atoms with Crippen LogP contribution in [0.4, 0.5) is 0 Å². The van der Waals surface area contributed by atoms with E-state index in [2.05, 4.69) is 15.3 Å². The summed E-state index contributed by atoms with van der Waals surface area (Å²) in [5.74, 6) is -1.25. The number of aromatic nitrogens is 2. The summed E-state index contributed by atoms with van der Waals surface area (Å²) < 4.78 is 0. The fourth-order valence-electron chi connectivity index (χ4n) is 1.07. The van der Waals surface area contributed by atoms with Crippen molar-refractivity contribution in [2.45, 2.75) is 25.0 Å². The Morgan fingerprint density at radius 1 is 1.59 bits per heavy atom. The molecule has 1 aromatic heterocycles. The van der Waals surface area contributed by atoms with Gasteiger partial charge in [-0.15, -0.1) is 0 Å². The van der Waals surface area contributed by atoms with E-state index >= 15 is 0 Å². The summed E-state index contributed by atoms with van der Waals surface area (Å²) in [5, 5.41) is 11.7. The molecule has 1 atom stereocenters. The number of carboxylic acid groups (broad SMARTS) is 1. The lowest BCUT2D eigenvalue weighted by Gasteiger charge is -2.11. The number of hydrogen-bond acceptors (Lipinski definition) is 5. The number of carbonyl (C=O) groups excluding carboxylic acids is 1.